The summed E-state index contributed by atoms with van der Waals surface area (Å²) in [6.45, 7) is 6.35. The van der Waals surface area contributed by atoms with E-state index < -0.39 is 63.9 Å². The highest BCUT2D eigenvalue weighted by molar-refractivity contribution is 7.88. The molecular formula is C52H67N7O9S. The van der Waals surface area contributed by atoms with Crippen molar-refractivity contribution >= 4 is 62.0 Å². The van der Waals surface area contributed by atoms with E-state index in [4.69, 9.17) is 0 Å². The molecule has 5 N–H and O–H groups in total. The van der Waals surface area contributed by atoms with Crippen LogP contribution in [0.1, 0.15) is 112 Å². The molecule has 0 spiro atoms. The second kappa shape index (κ2) is 24.4. The first kappa shape index (κ1) is 52.2. The van der Waals surface area contributed by atoms with Crippen molar-refractivity contribution in [2.75, 3.05) is 19.3 Å². The SMILES string of the molecule is CCC(=O)CCCCC[C@@H]1NC(=O)C2CCCCN2C(=O)[C@H](C(C)CC)NC(=O)[C@H](Cc2cn(CCNC(=O)[C@H](Cc3ccc(C(=O)c4ccccc4)cc3)NS(C)(=O)=O)c3ccccc23)NC1=O. The summed E-state index contributed by atoms with van der Waals surface area (Å²) in [5.74, 6) is -2.63. The second-order valence-electron chi connectivity index (χ2n) is 18.4. The van der Waals surface area contributed by atoms with Crippen LogP contribution in [-0.4, -0.2) is 109 Å². The van der Waals surface area contributed by atoms with Gasteiger partial charge < -0.3 is 30.7 Å². The molecule has 370 valence electrons. The minimum Gasteiger partial charge on any atom is -0.353 e. The van der Waals surface area contributed by atoms with E-state index in [-0.39, 0.29) is 55.7 Å². The normalized spacial score (nSPS) is 20.1. The molecule has 6 atom stereocenters. The van der Waals surface area contributed by atoms with Crippen molar-refractivity contribution in [3.63, 3.8) is 0 Å². The molecule has 1 aromatic heterocycles. The van der Waals surface area contributed by atoms with E-state index in [1.54, 1.807) is 53.4 Å². The zero-order chi connectivity index (χ0) is 49.7. The van der Waals surface area contributed by atoms with Gasteiger partial charge in [-0.15, -0.1) is 0 Å². The van der Waals surface area contributed by atoms with Crippen LogP contribution in [0.5, 0.6) is 0 Å². The van der Waals surface area contributed by atoms with Gasteiger partial charge in [-0.25, -0.2) is 13.1 Å². The van der Waals surface area contributed by atoms with Gasteiger partial charge in [0, 0.05) is 67.1 Å². The van der Waals surface area contributed by atoms with Gasteiger partial charge in [-0.3, -0.25) is 33.6 Å². The molecule has 16 nitrogen and oxygen atoms in total. The molecule has 0 bridgehead atoms. The Morgan fingerprint density at radius 3 is 2.19 bits per heavy atom. The van der Waals surface area contributed by atoms with Crippen LogP contribution < -0.4 is 26.0 Å². The summed E-state index contributed by atoms with van der Waals surface area (Å²) in [5, 5.41) is 12.6. The number of para-hydroxylation sites is 1. The number of unbranched alkanes of at least 4 members (excludes halogenated alkanes) is 2. The zero-order valence-corrected chi connectivity index (χ0v) is 40.9. The van der Waals surface area contributed by atoms with Crippen LogP contribution in [0.3, 0.4) is 0 Å². The predicted molar refractivity (Wildman–Crippen MR) is 263 cm³/mol. The maximum atomic E-state index is 14.5. The molecule has 0 aliphatic carbocycles. The van der Waals surface area contributed by atoms with Crippen LogP contribution in [0, 0.1) is 5.92 Å². The van der Waals surface area contributed by atoms with Gasteiger partial charge in [0.25, 0.3) is 0 Å². The Morgan fingerprint density at radius 1 is 0.797 bits per heavy atom. The Labute approximate surface area is 405 Å². The Bertz CT molecular complexity index is 2580. The highest BCUT2D eigenvalue weighted by Crippen LogP contribution is 2.25. The fraction of sp³-hybridized carbons (Fsp3) is 0.481. The van der Waals surface area contributed by atoms with Crippen LogP contribution in [0.2, 0.25) is 0 Å². The lowest BCUT2D eigenvalue weighted by molar-refractivity contribution is -0.147. The zero-order valence-electron chi connectivity index (χ0n) is 40.1. The summed E-state index contributed by atoms with van der Waals surface area (Å²) in [7, 11) is -3.81. The summed E-state index contributed by atoms with van der Waals surface area (Å²) < 4.78 is 29.2. The van der Waals surface area contributed by atoms with Gasteiger partial charge in [0.2, 0.25) is 39.6 Å². The number of fused-ring (bicyclic) bond motifs is 2. The standard InChI is InChI=1S/C52H67N7O9S/c1-5-34(3)46-52(66)59-29-16-15-23-45(59)51(65)54-41(21-12-8-11-19-39(60)6-2)49(63)55-42(50(64)56-46)32-38-33-58(44-22-14-13-20-40(38)44)30-28-53-48(62)43(57-69(4,67)68)31-35-24-26-37(27-25-35)47(61)36-17-9-7-10-18-36/h7,9-10,13-14,17-18,20,22,24-27,33-34,41-43,45-46,57H,5-6,8,11-12,15-16,19,21,23,28-32H2,1-4H3,(H,53,62)(H,54,65)(H,55,63)(H,56,64)/t34?,41-,42-,43-,45?,46-/m0/s1. The van der Waals surface area contributed by atoms with Crippen LogP contribution in [0.25, 0.3) is 10.9 Å². The molecule has 2 aliphatic heterocycles. The summed E-state index contributed by atoms with van der Waals surface area (Å²) in [4.78, 5) is 97.4. The van der Waals surface area contributed by atoms with E-state index in [0.717, 1.165) is 23.6 Å². The molecule has 0 saturated carbocycles. The summed E-state index contributed by atoms with van der Waals surface area (Å²) >= 11 is 0. The molecule has 17 heteroatoms. The van der Waals surface area contributed by atoms with Gasteiger partial charge in [0.05, 0.1) is 6.26 Å². The van der Waals surface area contributed by atoms with Crippen molar-refractivity contribution in [1.29, 1.82) is 0 Å². The average Bonchev–Trinajstić information content (AvgIpc) is 3.69. The van der Waals surface area contributed by atoms with E-state index in [2.05, 4.69) is 26.0 Å². The number of rotatable bonds is 21. The Kier molecular flexibility index (Phi) is 18.4. The number of benzene rings is 3. The molecule has 5 amide bonds. The molecule has 3 aromatic carbocycles. The molecule has 3 heterocycles. The third-order valence-corrected chi connectivity index (χ3v) is 14.0. The number of nitrogens with one attached hydrogen (secondary N) is 5. The molecule has 2 saturated heterocycles. The maximum Gasteiger partial charge on any atom is 0.246 e. The highest BCUT2D eigenvalue weighted by atomic mass is 32.2. The number of hydrogen-bond acceptors (Lipinski definition) is 9. The van der Waals surface area contributed by atoms with Crippen LogP contribution in [-0.2, 0) is 58.2 Å². The number of sulfonamides is 1. The van der Waals surface area contributed by atoms with Crippen molar-refractivity contribution in [2.24, 2.45) is 5.92 Å². The number of nitrogens with zero attached hydrogens (tertiary/aromatic N) is 2. The molecule has 4 aromatic rings. The fourth-order valence-corrected chi connectivity index (χ4v) is 9.88. The first-order valence-corrected chi connectivity index (χ1v) is 26.2. The minimum absolute atomic E-state index is 0.0249. The Morgan fingerprint density at radius 2 is 1.48 bits per heavy atom. The Balaban J connectivity index is 1.21. The number of carbonyl (C=O) groups excluding carboxylic acids is 7. The number of aromatic nitrogens is 1. The maximum absolute atomic E-state index is 14.5. The smallest absolute Gasteiger partial charge is 0.246 e. The first-order valence-electron chi connectivity index (χ1n) is 24.3. The van der Waals surface area contributed by atoms with E-state index in [9.17, 15) is 42.0 Å². The van der Waals surface area contributed by atoms with Crippen LogP contribution in [0.4, 0.5) is 0 Å². The van der Waals surface area contributed by atoms with E-state index in [1.165, 1.54) is 0 Å². The number of carbonyl (C=O) groups is 7. The highest BCUT2D eigenvalue weighted by Gasteiger charge is 2.41. The third-order valence-electron chi connectivity index (χ3n) is 13.3. The number of ketones is 2. The summed E-state index contributed by atoms with van der Waals surface area (Å²) in [6, 6.07) is 18.0. The van der Waals surface area contributed by atoms with Gasteiger partial charge in [-0.05, 0) is 61.6 Å². The lowest BCUT2D eigenvalue weighted by atomic mass is 9.93. The fourth-order valence-electron chi connectivity index (χ4n) is 9.17. The second-order valence-corrected chi connectivity index (χ2v) is 20.2. The lowest BCUT2D eigenvalue weighted by Crippen LogP contribution is -2.64. The summed E-state index contributed by atoms with van der Waals surface area (Å²) in [6.07, 6.45) is 8.39. The summed E-state index contributed by atoms with van der Waals surface area (Å²) in [5.41, 5.74) is 3.12. The number of hydrogen-bond donors (Lipinski definition) is 5. The Hall–Kier alpha value is -6.20. The quantitative estimate of drug-likeness (QED) is 0.0585. The van der Waals surface area contributed by atoms with Gasteiger partial charge >= 0.3 is 0 Å². The lowest BCUT2D eigenvalue weighted by Gasteiger charge is -2.39. The van der Waals surface area contributed by atoms with Gasteiger partial charge in [-0.1, -0.05) is 113 Å². The van der Waals surface area contributed by atoms with E-state index in [1.807, 2.05) is 61.9 Å². The van der Waals surface area contributed by atoms with Crippen LogP contribution >= 0.6 is 0 Å². The minimum atomic E-state index is -3.81. The topological polar surface area (TPSA) is 222 Å². The van der Waals surface area contributed by atoms with Gasteiger partial charge in [0.1, 0.15) is 36.0 Å². The van der Waals surface area contributed by atoms with E-state index >= 15 is 0 Å². The van der Waals surface area contributed by atoms with E-state index in [0.29, 0.717) is 80.2 Å². The molecular weight excluding hydrogens is 899 g/mol. The molecule has 2 unspecified atom stereocenters. The monoisotopic (exact) mass is 965 g/mol. The van der Waals surface area contributed by atoms with Gasteiger partial charge in [0.15, 0.2) is 5.78 Å². The van der Waals surface area contributed by atoms with Crippen molar-refractivity contribution in [1.82, 2.24) is 35.5 Å². The average molecular weight is 966 g/mol. The first-order chi connectivity index (χ1) is 33.1. The van der Waals surface area contributed by atoms with Crippen molar-refractivity contribution in [3.8, 4) is 0 Å². The molecule has 0 radical (unpaired) electrons. The van der Waals surface area contributed by atoms with Gasteiger partial charge in [-0.2, -0.15) is 0 Å². The number of amides is 5. The number of piperidine rings is 1. The van der Waals surface area contributed by atoms with Crippen molar-refractivity contribution < 1.29 is 42.0 Å². The predicted octanol–water partition coefficient (Wildman–Crippen LogP) is 4.52. The van der Waals surface area contributed by atoms with Crippen molar-refractivity contribution in [3.05, 3.63) is 107 Å². The largest absolute Gasteiger partial charge is 0.353 e. The molecule has 6 rings (SSSR count). The molecule has 2 aliphatic rings. The molecule has 2 fully saturated rings. The number of Topliss-reactive ketones (excluding diaryl/α,β-unsaturated/α-hetero) is 1. The van der Waals surface area contributed by atoms with Crippen molar-refractivity contribution in [2.45, 2.75) is 135 Å². The molecule has 69 heavy (non-hydrogen) atoms. The third kappa shape index (κ3) is 14.2. The van der Waals surface area contributed by atoms with Crippen LogP contribution in [0.15, 0.2) is 85.1 Å².